The maximum atomic E-state index is 10.5. The first-order chi connectivity index (χ1) is 9.56. The van der Waals surface area contributed by atoms with Crippen LogP contribution in [0.4, 0.5) is 0 Å². The predicted octanol–water partition coefficient (Wildman–Crippen LogP) is 2.58. The van der Waals surface area contributed by atoms with Crippen LogP contribution in [-0.2, 0) is 6.54 Å². The molecular weight excluding hydrogens is 297 g/mol. The van der Waals surface area contributed by atoms with Crippen molar-refractivity contribution in [1.82, 2.24) is 14.9 Å². The molecule has 3 rings (SSSR count). The van der Waals surface area contributed by atoms with Crippen LogP contribution < -0.4 is 5.32 Å². The molecule has 0 spiro atoms. The monoisotopic (exact) mass is 311 g/mol. The van der Waals surface area contributed by atoms with Crippen LogP contribution in [0.2, 0.25) is 10.0 Å². The van der Waals surface area contributed by atoms with E-state index >= 15 is 0 Å². The first-order valence-corrected chi connectivity index (χ1v) is 7.22. The van der Waals surface area contributed by atoms with Gasteiger partial charge in [0, 0.05) is 34.5 Å². The average Bonchev–Trinajstić information content (AvgIpc) is 2.98. The highest BCUT2D eigenvalue weighted by Gasteiger charge is 2.32. The first kappa shape index (κ1) is 13.9. The molecule has 2 aromatic rings. The maximum absolute atomic E-state index is 10.5. The summed E-state index contributed by atoms with van der Waals surface area (Å²) in [6.45, 7) is 1.93. The lowest BCUT2D eigenvalue weighted by atomic mass is 10.0. The highest BCUT2D eigenvalue weighted by molar-refractivity contribution is 6.35. The number of nitrogens with zero attached hydrogens (tertiary/aromatic N) is 2. The number of halogens is 2. The Kier molecular flexibility index (Phi) is 3.73. The molecule has 106 valence electrons. The van der Waals surface area contributed by atoms with Gasteiger partial charge in [0.1, 0.15) is 5.82 Å². The van der Waals surface area contributed by atoms with Gasteiger partial charge in [0.15, 0.2) is 0 Å². The average molecular weight is 312 g/mol. The van der Waals surface area contributed by atoms with Gasteiger partial charge in [-0.1, -0.05) is 23.2 Å². The Morgan fingerprint density at radius 1 is 1.30 bits per heavy atom. The van der Waals surface area contributed by atoms with E-state index in [0.717, 1.165) is 24.4 Å². The molecule has 1 aromatic heterocycles. The summed E-state index contributed by atoms with van der Waals surface area (Å²) in [5.41, 5.74) is 0.125. The van der Waals surface area contributed by atoms with Crippen molar-refractivity contribution in [2.45, 2.75) is 18.6 Å². The Morgan fingerprint density at radius 3 is 2.70 bits per heavy atom. The van der Waals surface area contributed by atoms with E-state index < -0.39 is 5.60 Å². The lowest BCUT2D eigenvalue weighted by Gasteiger charge is -2.23. The van der Waals surface area contributed by atoms with Gasteiger partial charge in [-0.25, -0.2) is 4.98 Å². The summed E-state index contributed by atoms with van der Waals surface area (Å²) in [7, 11) is 0. The lowest BCUT2D eigenvalue weighted by Crippen LogP contribution is -2.36. The van der Waals surface area contributed by atoms with E-state index in [2.05, 4.69) is 10.3 Å². The minimum Gasteiger partial charge on any atom is -0.387 e. The van der Waals surface area contributed by atoms with Gasteiger partial charge in [-0.2, -0.15) is 0 Å². The van der Waals surface area contributed by atoms with E-state index in [-0.39, 0.29) is 0 Å². The SMILES string of the molecule is OC1(Cn2ccnc2-c2cc(Cl)cc(Cl)c2)CCNC1. The van der Waals surface area contributed by atoms with Crippen molar-refractivity contribution < 1.29 is 5.11 Å². The number of benzene rings is 1. The molecule has 1 unspecified atom stereocenters. The third-order valence-corrected chi connectivity index (χ3v) is 3.96. The van der Waals surface area contributed by atoms with Crippen LogP contribution in [0.3, 0.4) is 0 Å². The van der Waals surface area contributed by atoms with E-state index in [1.54, 1.807) is 12.3 Å². The van der Waals surface area contributed by atoms with Crippen molar-refractivity contribution in [3.05, 3.63) is 40.6 Å². The van der Waals surface area contributed by atoms with Gasteiger partial charge in [0.25, 0.3) is 0 Å². The van der Waals surface area contributed by atoms with Gasteiger partial charge in [0.05, 0.1) is 12.1 Å². The van der Waals surface area contributed by atoms with E-state index in [0.29, 0.717) is 23.1 Å². The molecule has 0 bridgehead atoms. The molecule has 2 heterocycles. The summed E-state index contributed by atoms with van der Waals surface area (Å²) in [4.78, 5) is 4.36. The second-order valence-electron chi connectivity index (χ2n) is 5.19. The zero-order chi connectivity index (χ0) is 14.2. The quantitative estimate of drug-likeness (QED) is 0.916. The number of aromatic nitrogens is 2. The van der Waals surface area contributed by atoms with Gasteiger partial charge in [-0.15, -0.1) is 0 Å². The maximum Gasteiger partial charge on any atom is 0.140 e. The molecule has 1 saturated heterocycles. The molecule has 0 amide bonds. The lowest BCUT2D eigenvalue weighted by molar-refractivity contribution is 0.0436. The zero-order valence-electron chi connectivity index (χ0n) is 10.8. The number of imidazole rings is 1. The molecule has 0 aliphatic carbocycles. The van der Waals surface area contributed by atoms with Gasteiger partial charge < -0.3 is 15.0 Å². The zero-order valence-corrected chi connectivity index (χ0v) is 12.3. The van der Waals surface area contributed by atoms with Crippen LogP contribution in [0.5, 0.6) is 0 Å². The molecule has 1 atom stereocenters. The first-order valence-electron chi connectivity index (χ1n) is 6.46. The van der Waals surface area contributed by atoms with Gasteiger partial charge >= 0.3 is 0 Å². The third-order valence-electron chi connectivity index (χ3n) is 3.52. The second-order valence-corrected chi connectivity index (χ2v) is 6.06. The summed E-state index contributed by atoms with van der Waals surface area (Å²) in [5, 5.41) is 14.8. The van der Waals surface area contributed by atoms with Crippen molar-refractivity contribution >= 4 is 23.2 Å². The van der Waals surface area contributed by atoms with Crippen molar-refractivity contribution in [3.63, 3.8) is 0 Å². The minimum absolute atomic E-state index is 0.499. The molecule has 1 fully saturated rings. The summed E-state index contributed by atoms with van der Waals surface area (Å²) >= 11 is 12.1. The number of β-amino-alcohol motifs (C(OH)–C–C–N with tert-alkyl or cyclic N) is 1. The fourth-order valence-corrected chi connectivity index (χ4v) is 3.09. The number of hydrogen-bond donors (Lipinski definition) is 2. The van der Waals surface area contributed by atoms with E-state index in [4.69, 9.17) is 23.2 Å². The van der Waals surface area contributed by atoms with Crippen LogP contribution in [0.1, 0.15) is 6.42 Å². The summed E-state index contributed by atoms with van der Waals surface area (Å²) in [6.07, 6.45) is 4.32. The molecule has 0 saturated carbocycles. The molecule has 6 heteroatoms. The molecular formula is C14H15Cl2N3O. The highest BCUT2D eigenvalue weighted by atomic mass is 35.5. The molecule has 1 aromatic carbocycles. The topological polar surface area (TPSA) is 50.1 Å². The molecule has 2 N–H and O–H groups in total. The number of hydrogen-bond acceptors (Lipinski definition) is 3. The minimum atomic E-state index is -0.724. The van der Waals surface area contributed by atoms with Crippen molar-refractivity contribution in [2.75, 3.05) is 13.1 Å². The van der Waals surface area contributed by atoms with Gasteiger partial charge in [0.2, 0.25) is 0 Å². The Morgan fingerprint density at radius 2 is 2.05 bits per heavy atom. The van der Waals surface area contributed by atoms with Crippen molar-refractivity contribution in [2.24, 2.45) is 0 Å². The van der Waals surface area contributed by atoms with Crippen molar-refractivity contribution in [1.29, 1.82) is 0 Å². The summed E-state index contributed by atoms with van der Waals surface area (Å²) in [6, 6.07) is 5.33. The summed E-state index contributed by atoms with van der Waals surface area (Å²) < 4.78 is 1.94. The number of rotatable bonds is 3. The van der Waals surface area contributed by atoms with E-state index in [1.165, 1.54) is 0 Å². The van der Waals surface area contributed by atoms with E-state index in [9.17, 15) is 5.11 Å². The number of nitrogens with one attached hydrogen (secondary N) is 1. The predicted molar refractivity (Wildman–Crippen MR) is 80.1 cm³/mol. The van der Waals surface area contributed by atoms with Crippen LogP contribution >= 0.6 is 23.2 Å². The molecule has 4 nitrogen and oxygen atoms in total. The Hall–Kier alpha value is -1.07. The van der Waals surface area contributed by atoms with Gasteiger partial charge in [-0.05, 0) is 31.2 Å². The molecule has 20 heavy (non-hydrogen) atoms. The Bertz CT molecular complexity index is 600. The third kappa shape index (κ3) is 2.83. The summed E-state index contributed by atoms with van der Waals surface area (Å²) in [5.74, 6) is 0.759. The molecule has 0 radical (unpaired) electrons. The Balaban J connectivity index is 1.93. The molecule has 1 aliphatic heterocycles. The van der Waals surface area contributed by atoms with Crippen LogP contribution in [-0.4, -0.2) is 33.3 Å². The van der Waals surface area contributed by atoms with Gasteiger partial charge in [-0.3, -0.25) is 0 Å². The standard InChI is InChI=1S/C14H15Cl2N3O/c15-11-5-10(6-12(16)7-11)13-18-3-4-19(13)9-14(20)1-2-17-8-14/h3-7,17,20H,1-2,8-9H2. The fourth-order valence-electron chi connectivity index (χ4n) is 2.56. The highest BCUT2D eigenvalue weighted by Crippen LogP contribution is 2.27. The fraction of sp³-hybridized carbons (Fsp3) is 0.357. The van der Waals surface area contributed by atoms with Crippen molar-refractivity contribution in [3.8, 4) is 11.4 Å². The van der Waals surface area contributed by atoms with Crippen LogP contribution in [0.25, 0.3) is 11.4 Å². The number of aliphatic hydroxyl groups is 1. The largest absolute Gasteiger partial charge is 0.387 e. The Labute approximate surface area is 127 Å². The van der Waals surface area contributed by atoms with Crippen LogP contribution in [0.15, 0.2) is 30.6 Å². The smallest absolute Gasteiger partial charge is 0.140 e. The van der Waals surface area contributed by atoms with Crippen LogP contribution in [0, 0.1) is 0 Å². The molecule has 1 aliphatic rings. The van der Waals surface area contributed by atoms with E-state index in [1.807, 2.05) is 22.9 Å². The normalized spacial score (nSPS) is 22.4. The second kappa shape index (κ2) is 5.37.